The van der Waals surface area contributed by atoms with Gasteiger partial charge in [-0.15, -0.1) is 0 Å². The summed E-state index contributed by atoms with van der Waals surface area (Å²) in [5.74, 6) is 0.328. The molecular formula is C20H24N2O. The number of nitrogens with one attached hydrogen (secondary N) is 2. The number of benzene rings is 2. The lowest BCUT2D eigenvalue weighted by atomic mass is 10.0. The molecule has 0 saturated heterocycles. The lowest BCUT2D eigenvalue weighted by Gasteiger charge is -2.13. The highest BCUT2D eigenvalue weighted by molar-refractivity contribution is 5.82. The van der Waals surface area contributed by atoms with Gasteiger partial charge in [-0.2, -0.15) is 0 Å². The van der Waals surface area contributed by atoms with Crippen molar-refractivity contribution in [3.8, 4) is 5.75 Å². The Hall–Kier alpha value is -2.26. The van der Waals surface area contributed by atoms with E-state index in [1.807, 2.05) is 12.1 Å². The Kier molecular flexibility index (Phi) is 4.99. The van der Waals surface area contributed by atoms with Gasteiger partial charge in [0.1, 0.15) is 5.75 Å². The highest BCUT2D eigenvalue weighted by atomic mass is 16.3. The van der Waals surface area contributed by atoms with Crippen LogP contribution in [0.1, 0.15) is 24.5 Å². The van der Waals surface area contributed by atoms with E-state index in [2.05, 4.69) is 47.7 Å². The Balaban J connectivity index is 1.44. The SMILES string of the molecule is CC(CCc1c[nH]c2ccccc12)NCCc1ccc(O)cc1. The molecule has 0 saturated carbocycles. The van der Waals surface area contributed by atoms with Crippen molar-refractivity contribution in [2.24, 2.45) is 0 Å². The van der Waals surface area contributed by atoms with Gasteiger partial charge in [0.05, 0.1) is 0 Å². The molecule has 3 rings (SSSR count). The molecular weight excluding hydrogens is 284 g/mol. The van der Waals surface area contributed by atoms with Crippen LogP contribution in [-0.4, -0.2) is 22.7 Å². The molecule has 3 aromatic rings. The molecule has 1 unspecified atom stereocenters. The van der Waals surface area contributed by atoms with Gasteiger partial charge >= 0.3 is 0 Å². The van der Waals surface area contributed by atoms with Crippen molar-refractivity contribution in [1.29, 1.82) is 0 Å². The van der Waals surface area contributed by atoms with E-state index in [4.69, 9.17) is 0 Å². The Morgan fingerprint density at radius 3 is 2.65 bits per heavy atom. The Bertz CT molecular complexity index is 746. The minimum absolute atomic E-state index is 0.328. The first-order valence-corrected chi connectivity index (χ1v) is 8.28. The molecule has 0 aliphatic rings. The standard InChI is InChI=1S/C20H24N2O/c1-15(21-13-12-16-7-10-18(23)11-8-16)6-9-17-14-22-20-5-3-2-4-19(17)20/h2-5,7-8,10-11,14-15,21-23H,6,9,12-13H2,1H3. The van der Waals surface area contributed by atoms with Crippen molar-refractivity contribution in [1.82, 2.24) is 10.3 Å². The number of hydrogen-bond acceptors (Lipinski definition) is 2. The smallest absolute Gasteiger partial charge is 0.115 e. The van der Waals surface area contributed by atoms with Crippen LogP contribution in [0.25, 0.3) is 10.9 Å². The highest BCUT2D eigenvalue weighted by Crippen LogP contribution is 2.19. The zero-order valence-electron chi connectivity index (χ0n) is 13.5. The summed E-state index contributed by atoms with van der Waals surface area (Å²) in [5.41, 5.74) is 3.86. The predicted octanol–water partition coefficient (Wildman–Crippen LogP) is 4.03. The molecule has 1 heterocycles. The summed E-state index contributed by atoms with van der Waals surface area (Å²) in [4.78, 5) is 3.34. The fourth-order valence-corrected chi connectivity index (χ4v) is 2.94. The molecule has 3 nitrogen and oxygen atoms in total. The number of aryl methyl sites for hydroxylation is 1. The van der Waals surface area contributed by atoms with E-state index in [1.54, 1.807) is 12.1 Å². The number of aromatic nitrogens is 1. The quantitative estimate of drug-likeness (QED) is 0.617. The summed E-state index contributed by atoms with van der Waals surface area (Å²) in [5, 5.41) is 14.2. The van der Waals surface area contributed by atoms with Crippen molar-refractivity contribution >= 4 is 10.9 Å². The summed E-state index contributed by atoms with van der Waals surface area (Å²) in [6.07, 6.45) is 5.32. The van der Waals surface area contributed by atoms with Gasteiger partial charge in [-0.05, 0) is 62.1 Å². The van der Waals surface area contributed by atoms with Gasteiger partial charge in [0.2, 0.25) is 0 Å². The molecule has 0 aliphatic carbocycles. The average molecular weight is 308 g/mol. The zero-order chi connectivity index (χ0) is 16.1. The third-order valence-electron chi connectivity index (χ3n) is 4.36. The maximum Gasteiger partial charge on any atom is 0.115 e. The fraction of sp³-hybridized carbons (Fsp3) is 0.300. The van der Waals surface area contributed by atoms with Gasteiger partial charge in [-0.25, -0.2) is 0 Å². The van der Waals surface area contributed by atoms with Crippen LogP contribution < -0.4 is 5.32 Å². The number of H-pyrrole nitrogens is 1. The second-order valence-electron chi connectivity index (χ2n) is 6.17. The molecule has 0 aliphatic heterocycles. The number of fused-ring (bicyclic) bond motifs is 1. The summed E-state index contributed by atoms with van der Waals surface area (Å²) >= 11 is 0. The van der Waals surface area contributed by atoms with Crippen LogP contribution in [0.15, 0.2) is 54.7 Å². The van der Waals surface area contributed by atoms with Crippen LogP contribution in [0.2, 0.25) is 0 Å². The van der Waals surface area contributed by atoms with Crippen LogP contribution in [0.5, 0.6) is 5.75 Å². The van der Waals surface area contributed by atoms with E-state index in [1.165, 1.54) is 22.0 Å². The predicted molar refractivity (Wildman–Crippen MR) is 95.9 cm³/mol. The number of hydrogen-bond donors (Lipinski definition) is 3. The third-order valence-corrected chi connectivity index (χ3v) is 4.36. The second-order valence-corrected chi connectivity index (χ2v) is 6.17. The fourth-order valence-electron chi connectivity index (χ4n) is 2.94. The molecule has 23 heavy (non-hydrogen) atoms. The normalized spacial score (nSPS) is 12.6. The monoisotopic (exact) mass is 308 g/mol. The molecule has 120 valence electrons. The van der Waals surface area contributed by atoms with E-state index in [0.29, 0.717) is 11.8 Å². The van der Waals surface area contributed by atoms with E-state index < -0.39 is 0 Å². The summed E-state index contributed by atoms with van der Waals surface area (Å²) in [6, 6.07) is 16.4. The maximum atomic E-state index is 9.29. The first-order chi connectivity index (χ1) is 11.2. The molecule has 0 bridgehead atoms. The molecule has 0 radical (unpaired) electrons. The molecule has 3 N–H and O–H groups in total. The van der Waals surface area contributed by atoms with Gasteiger partial charge in [-0.1, -0.05) is 30.3 Å². The van der Waals surface area contributed by atoms with Crippen molar-refractivity contribution in [3.05, 3.63) is 65.9 Å². The van der Waals surface area contributed by atoms with Gasteiger partial charge in [0.25, 0.3) is 0 Å². The van der Waals surface area contributed by atoms with Crippen LogP contribution in [-0.2, 0) is 12.8 Å². The minimum Gasteiger partial charge on any atom is -0.508 e. The first kappa shape index (κ1) is 15.6. The first-order valence-electron chi connectivity index (χ1n) is 8.28. The third kappa shape index (κ3) is 4.14. The van der Waals surface area contributed by atoms with Crippen LogP contribution in [0.3, 0.4) is 0 Å². The molecule has 0 spiro atoms. The molecule has 3 heteroatoms. The number of aromatic amines is 1. The lowest BCUT2D eigenvalue weighted by molar-refractivity contribution is 0.475. The zero-order valence-corrected chi connectivity index (χ0v) is 13.5. The molecule has 2 aromatic carbocycles. The Labute approximate surface area is 137 Å². The molecule has 1 aromatic heterocycles. The van der Waals surface area contributed by atoms with Crippen molar-refractivity contribution in [3.63, 3.8) is 0 Å². The van der Waals surface area contributed by atoms with Crippen molar-refractivity contribution in [2.75, 3.05) is 6.54 Å². The number of aromatic hydroxyl groups is 1. The van der Waals surface area contributed by atoms with Gasteiger partial charge in [-0.3, -0.25) is 0 Å². The number of phenolic OH excluding ortho intramolecular Hbond substituents is 1. The van der Waals surface area contributed by atoms with Crippen molar-refractivity contribution < 1.29 is 5.11 Å². The maximum absolute atomic E-state index is 9.29. The van der Waals surface area contributed by atoms with Crippen molar-refractivity contribution in [2.45, 2.75) is 32.2 Å². The number of para-hydroxylation sites is 1. The van der Waals surface area contributed by atoms with E-state index >= 15 is 0 Å². The van der Waals surface area contributed by atoms with E-state index in [0.717, 1.165) is 25.8 Å². The topological polar surface area (TPSA) is 48.0 Å². The molecule has 0 fully saturated rings. The second kappa shape index (κ2) is 7.34. The minimum atomic E-state index is 0.328. The van der Waals surface area contributed by atoms with Crippen LogP contribution >= 0.6 is 0 Å². The lowest BCUT2D eigenvalue weighted by Crippen LogP contribution is -2.28. The van der Waals surface area contributed by atoms with Crippen LogP contribution in [0.4, 0.5) is 0 Å². The van der Waals surface area contributed by atoms with Gasteiger partial charge in [0, 0.05) is 23.1 Å². The summed E-state index contributed by atoms with van der Waals surface area (Å²) < 4.78 is 0. The van der Waals surface area contributed by atoms with E-state index in [-0.39, 0.29) is 0 Å². The molecule has 0 amide bonds. The largest absolute Gasteiger partial charge is 0.508 e. The van der Waals surface area contributed by atoms with Gasteiger partial charge < -0.3 is 15.4 Å². The van der Waals surface area contributed by atoms with Crippen LogP contribution in [0, 0.1) is 0 Å². The highest BCUT2D eigenvalue weighted by Gasteiger charge is 2.06. The Morgan fingerprint density at radius 1 is 1.04 bits per heavy atom. The average Bonchev–Trinajstić information content (AvgIpc) is 2.98. The Morgan fingerprint density at radius 2 is 1.83 bits per heavy atom. The summed E-state index contributed by atoms with van der Waals surface area (Å²) in [7, 11) is 0. The number of phenols is 1. The van der Waals surface area contributed by atoms with Gasteiger partial charge in [0.15, 0.2) is 0 Å². The number of rotatable bonds is 7. The van der Waals surface area contributed by atoms with E-state index in [9.17, 15) is 5.11 Å². The molecule has 1 atom stereocenters. The summed E-state index contributed by atoms with van der Waals surface area (Å²) in [6.45, 7) is 3.20.